The van der Waals surface area contributed by atoms with Gasteiger partial charge < -0.3 is 10.1 Å². The average molecular weight is 319 g/mol. The second-order valence-electron chi connectivity index (χ2n) is 5.10. The summed E-state index contributed by atoms with van der Waals surface area (Å²) in [5.41, 5.74) is 1.07. The van der Waals surface area contributed by atoms with E-state index in [1.54, 1.807) is 11.8 Å². The Hall–Kier alpha value is -2.09. The van der Waals surface area contributed by atoms with E-state index in [1.165, 1.54) is 11.8 Å². The van der Waals surface area contributed by atoms with Gasteiger partial charge in [0.2, 0.25) is 11.1 Å². The molecule has 0 radical (unpaired) electrons. The van der Waals surface area contributed by atoms with Gasteiger partial charge in [-0.15, -0.1) is 5.10 Å². The summed E-state index contributed by atoms with van der Waals surface area (Å²) >= 11 is 1.35. The molecule has 116 valence electrons. The van der Waals surface area contributed by atoms with E-state index in [-0.39, 0.29) is 5.91 Å². The third-order valence-corrected chi connectivity index (χ3v) is 4.22. The van der Waals surface area contributed by atoms with Crippen molar-refractivity contribution in [3.63, 3.8) is 0 Å². The van der Waals surface area contributed by atoms with E-state index >= 15 is 0 Å². The molecule has 1 amide bonds. The van der Waals surface area contributed by atoms with E-state index in [2.05, 4.69) is 20.8 Å². The highest BCUT2D eigenvalue weighted by Crippen LogP contribution is 2.20. The lowest BCUT2D eigenvalue weighted by Gasteiger charge is -2.06. The van der Waals surface area contributed by atoms with Gasteiger partial charge >= 0.3 is 0 Å². The Bertz CT molecular complexity index is 639. The molecule has 3 rings (SSSR count). The van der Waals surface area contributed by atoms with Crippen molar-refractivity contribution in [3.05, 3.63) is 29.8 Å². The first-order valence-corrected chi connectivity index (χ1v) is 8.04. The van der Waals surface area contributed by atoms with E-state index in [0.717, 1.165) is 24.2 Å². The van der Waals surface area contributed by atoms with Crippen LogP contribution in [0.25, 0.3) is 0 Å². The van der Waals surface area contributed by atoms with Crippen LogP contribution in [0, 0.1) is 0 Å². The van der Waals surface area contributed by atoms with Crippen molar-refractivity contribution >= 4 is 17.7 Å². The maximum Gasteiger partial charge on any atom is 0.230 e. The Kier molecular flexibility index (Phi) is 4.57. The number of aromatic nitrogens is 4. The number of thioether (sulfide) groups is 1. The van der Waals surface area contributed by atoms with Gasteiger partial charge in [0.15, 0.2) is 0 Å². The van der Waals surface area contributed by atoms with Crippen LogP contribution in [0.4, 0.5) is 0 Å². The fourth-order valence-corrected chi connectivity index (χ4v) is 2.62. The molecule has 1 heterocycles. The fraction of sp³-hybridized carbons (Fsp3) is 0.429. The van der Waals surface area contributed by atoms with Crippen molar-refractivity contribution in [2.24, 2.45) is 0 Å². The van der Waals surface area contributed by atoms with Gasteiger partial charge in [-0.1, -0.05) is 23.9 Å². The molecule has 22 heavy (non-hydrogen) atoms. The first-order valence-electron chi connectivity index (χ1n) is 7.06. The van der Waals surface area contributed by atoms with E-state index in [4.69, 9.17) is 4.74 Å². The van der Waals surface area contributed by atoms with Gasteiger partial charge in [-0.2, -0.15) is 0 Å². The fourth-order valence-electron chi connectivity index (χ4n) is 1.93. The second-order valence-corrected chi connectivity index (χ2v) is 6.04. The standard InChI is InChI=1S/C14H17N5O2S/c1-21-12-6-2-10(3-7-12)8-19-14(16-17-18-19)22-9-13(20)15-11-4-5-11/h2-3,6-7,11H,4-5,8-9H2,1H3,(H,15,20). The average Bonchev–Trinajstić information content (AvgIpc) is 3.23. The third-order valence-electron chi connectivity index (χ3n) is 3.27. The summed E-state index contributed by atoms with van der Waals surface area (Å²) in [6.07, 6.45) is 2.18. The lowest BCUT2D eigenvalue weighted by molar-refractivity contribution is -0.118. The summed E-state index contributed by atoms with van der Waals surface area (Å²) in [5, 5.41) is 15.2. The molecular weight excluding hydrogens is 302 g/mol. The zero-order valence-corrected chi connectivity index (χ0v) is 13.0. The number of carbonyl (C=O) groups excluding carboxylic acids is 1. The molecule has 1 aliphatic carbocycles. The lowest BCUT2D eigenvalue weighted by atomic mass is 10.2. The van der Waals surface area contributed by atoms with Crippen molar-refractivity contribution < 1.29 is 9.53 Å². The molecule has 2 aromatic rings. The number of carbonyl (C=O) groups is 1. The topological polar surface area (TPSA) is 81.9 Å². The van der Waals surface area contributed by atoms with Crippen LogP contribution >= 0.6 is 11.8 Å². The molecule has 0 aliphatic heterocycles. The number of hydrogen-bond donors (Lipinski definition) is 1. The maximum absolute atomic E-state index is 11.7. The number of tetrazole rings is 1. The van der Waals surface area contributed by atoms with Crippen molar-refractivity contribution in [2.75, 3.05) is 12.9 Å². The summed E-state index contributed by atoms with van der Waals surface area (Å²) in [6, 6.07) is 8.11. The molecule has 1 aromatic carbocycles. The second kappa shape index (κ2) is 6.78. The van der Waals surface area contributed by atoms with Gasteiger partial charge in [-0.3, -0.25) is 4.79 Å². The summed E-state index contributed by atoms with van der Waals surface area (Å²) < 4.78 is 6.83. The first kappa shape index (κ1) is 14.8. The number of rotatable bonds is 7. The lowest BCUT2D eigenvalue weighted by Crippen LogP contribution is -2.27. The van der Waals surface area contributed by atoms with Crippen LogP contribution in [0.1, 0.15) is 18.4 Å². The van der Waals surface area contributed by atoms with Crippen LogP contribution in [-0.4, -0.2) is 45.0 Å². The Labute approximate surface area is 132 Å². The van der Waals surface area contributed by atoms with Gasteiger partial charge in [0, 0.05) is 6.04 Å². The third kappa shape index (κ3) is 3.97. The molecule has 0 atom stereocenters. The Balaban J connectivity index is 1.57. The number of ether oxygens (including phenoxy) is 1. The molecule has 1 N–H and O–H groups in total. The number of benzene rings is 1. The summed E-state index contributed by atoms with van der Waals surface area (Å²) in [4.78, 5) is 11.7. The predicted octanol–water partition coefficient (Wildman–Crippen LogP) is 1.10. The van der Waals surface area contributed by atoms with E-state index in [0.29, 0.717) is 23.5 Å². The van der Waals surface area contributed by atoms with Crippen LogP contribution in [0.5, 0.6) is 5.75 Å². The van der Waals surface area contributed by atoms with Crippen molar-refractivity contribution in [1.82, 2.24) is 25.5 Å². The largest absolute Gasteiger partial charge is 0.497 e. The summed E-state index contributed by atoms with van der Waals surface area (Å²) in [6.45, 7) is 0.559. The molecule has 1 fully saturated rings. The quantitative estimate of drug-likeness (QED) is 0.770. The van der Waals surface area contributed by atoms with Gasteiger partial charge in [-0.25, -0.2) is 4.68 Å². The molecule has 0 unspecified atom stereocenters. The van der Waals surface area contributed by atoms with Gasteiger partial charge in [-0.05, 0) is 41.0 Å². The minimum Gasteiger partial charge on any atom is -0.497 e. The first-order chi connectivity index (χ1) is 10.7. The molecule has 0 saturated heterocycles. The highest BCUT2D eigenvalue weighted by atomic mass is 32.2. The van der Waals surface area contributed by atoms with E-state index in [9.17, 15) is 4.79 Å². The van der Waals surface area contributed by atoms with Crippen LogP contribution in [0.15, 0.2) is 29.4 Å². The van der Waals surface area contributed by atoms with E-state index < -0.39 is 0 Å². The molecule has 8 heteroatoms. The zero-order valence-electron chi connectivity index (χ0n) is 12.2. The minimum absolute atomic E-state index is 0.0338. The molecule has 7 nitrogen and oxygen atoms in total. The number of nitrogens with zero attached hydrogens (tertiary/aromatic N) is 4. The summed E-state index contributed by atoms with van der Waals surface area (Å²) in [5.74, 6) is 1.18. The number of amides is 1. The Morgan fingerprint density at radius 3 is 2.86 bits per heavy atom. The minimum atomic E-state index is 0.0338. The van der Waals surface area contributed by atoms with Crippen LogP contribution in [0.2, 0.25) is 0 Å². The normalized spacial score (nSPS) is 13.9. The van der Waals surface area contributed by atoms with Gasteiger partial charge in [0.05, 0.1) is 19.4 Å². The molecule has 1 aliphatic rings. The highest BCUT2D eigenvalue weighted by molar-refractivity contribution is 7.99. The molecule has 1 saturated carbocycles. The van der Waals surface area contributed by atoms with Crippen LogP contribution < -0.4 is 10.1 Å². The highest BCUT2D eigenvalue weighted by Gasteiger charge is 2.23. The van der Waals surface area contributed by atoms with E-state index in [1.807, 2.05) is 24.3 Å². The Morgan fingerprint density at radius 2 is 2.18 bits per heavy atom. The number of hydrogen-bond acceptors (Lipinski definition) is 6. The van der Waals surface area contributed by atoms with Gasteiger partial charge in [0.1, 0.15) is 5.75 Å². The maximum atomic E-state index is 11.7. The number of methoxy groups -OCH3 is 1. The van der Waals surface area contributed by atoms with Gasteiger partial charge in [0.25, 0.3) is 0 Å². The SMILES string of the molecule is COc1ccc(Cn2nnnc2SCC(=O)NC2CC2)cc1. The predicted molar refractivity (Wildman–Crippen MR) is 81.8 cm³/mol. The monoisotopic (exact) mass is 319 g/mol. The molecule has 1 aromatic heterocycles. The van der Waals surface area contributed by atoms with Crippen molar-refractivity contribution in [3.8, 4) is 5.75 Å². The van der Waals surface area contributed by atoms with Crippen LogP contribution in [0.3, 0.4) is 0 Å². The van der Waals surface area contributed by atoms with Crippen LogP contribution in [-0.2, 0) is 11.3 Å². The molecule has 0 bridgehead atoms. The molecular formula is C14H17N5O2S. The number of nitrogens with one attached hydrogen (secondary N) is 1. The van der Waals surface area contributed by atoms with Crippen molar-refractivity contribution in [2.45, 2.75) is 30.6 Å². The molecule has 0 spiro atoms. The smallest absolute Gasteiger partial charge is 0.230 e. The van der Waals surface area contributed by atoms with Crippen molar-refractivity contribution in [1.29, 1.82) is 0 Å². The Morgan fingerprint density at radius 1 is 1.41 bits per heavy atom. The summed E-state index contributed by atoms with van der Waals surface area (Å²) in [7, 11) is 1.64. The zero-order chi connectivity index (χ0) is 15.4.